The van der Waals surface area contributed by atoms with Crippen LogP contribution in [0, 0.1) is 0 Å². The van der Waals surface area contributed by atoms with Gasteiger partial charge >= 0.3 is 0 Å². The second-order valence-corrected chi connectivity index (χ2v) is 6.58. The molecule has 0 bridgehead atoms. The lowest BCUT2D eigenvalue weighted by molar-refractivity contribution is 0.159. The number of azo groups is 1. The number of benzene rings is 2. The van der Waals surface area contributed by atoms with Crippen LogP contribution < -0.4 is 4.74 Å². The topological polar surface area (TPSA) is 77.7 Å². The van der Waals surface area contributed by atoms with E-state index in [1.807, 2.05) is 54.6 Å². The van der Waals surface area contributed by atoms with E-state index < -0.39 is 0 Å². The van der Waals surface area contributed by atoms with Crippen LogP contribution in [0.4, 0.5) is 11.4 Å². The Morgan fingerprint density at radius 1 is 0.679 bits per heavy atom. The normalized spacial score (nSPS) is 11.4. The fourth-order valence-electron chi connectivity index (χ4n) is 2.82. The van der Waals surface area contributed by atoms with Crippen LogP contribution in [0.25, 0.3) is 0 Å². The monoisotopic (exact) mass is 385 g/mol. The molecule has 0 aliphatic carbocycles. The van der Waals surface area contributed by atoms with Gasteiger partial charge in [0, 0.05) is 13.1 Å². The minimum Gasteiger partial charge on any atom is -0.494 e. The molecule has 0 spiro atoms. The summed E-state index contributed by atoms with van der Waals surface area (Å²) >= 11 is 0. The van der Waals surface area contributed by atoms with Crippen LogP contribution in [0.2, 0.25) is 0 Å². The van der Waals surface area contributed by atoms with Crippen molar-refractivity contribution in [3.8, 4) is 5.75 Å². The number of ether oxygens (including phenoxy) is 1. The molecule has 0 amide bonds. The Balaban J connectivity index is 1.59. The fraction of sp³-hybridized carbons (Fsp3) is 0.455. The summed E-state index contributed by atoms with van der Waals surface area (Å²) in [4.78, 5) is 2.09. The van der Waals surface area contributed by atoms with Gasteiger partial charge in [0.1, 0.15) is 5.75 Å². The van der Waals surface area contributed by atoms with Crippen LogP contribution >= 0.6 is 0 Å². The Morgan fingerprint density at radius 3 is 1.93 bits per heavy atom. The van der Waals surface area contributed by atoms with Gasteiger partial charge in [0.05, 0.1) is 31.2 Å². The number of aliphatic hydroxyl groups is 2. The molecule has 6 heteroatoms. The zero-order valence-electron chi connectivity index (χ0n) is 16.4. The van der Waals surface area contributed by atoms with Crippen LogP contribution in [0.1, 0.15) is 25.7 Å². The van der Waals surface area contributed by atoms with Gasteiger partial charge in [-0.2, -0.15) is 10.2 Å². The van der Waals surface area contributed by atoms with E-state index >= 15 is 0 Å². The lowest BCUT2D eigenvalue weighted by atomic mass is 10.2. The highest BCUT2D eigenvalue weighted by atomic mass is 16.5. The number of hydrogen-bond acceptors (Lipinski definition) is 6. The van der Waals surface area contributed by atoms with Gasteiger partial charge in [0.2, 0.25) is 0 Å². The first kappa shape index (κ1) is 22.0. The number of unbranched alkanes of at least 4 members (excludes halogenated alkanes) is 3. The van der Waals surface area contributed by atoms with Crippen molar-refractivity contribution >= 4 is 11.4 Å². The van der Waals surface area contributed by atoms with Crippen LogP contribution in [0.5, 0.6) is 5.75 Å². The highest BCUT2D eigenvalue weighted by molar-refractivity contribution is 5.42. The minimum atomic E-state index is 0.139. The summed E-state index contributed by atoms with van der Waals surface area (Å²) in [6, 6.07) is 17.3. The molecule has 2 aromatic rings. The standard InChI is InChI=1S/C22H31N3O3/c26-17-15-25(16-18-27)14-6-1-2-7-19-28-22-12-10-21(11-13-22)24-23-20-8-4-3-5-9-20/h3-5,8-13,26-27H,1-2,6-7,14-19H2. The molecular formula is C22H31N3O3. The quantitative estimate of drug-likeness (QED) is 0.375. The molecule has 0 atom stereocenters. The third-order valence-corrected chi connectivity index (χ3v) is 4.34. The minimum absolute atomic E-state index is 0.139. The lowest BCUT2D eigenvalue weighted by Crippen LogP contribution is -2.30. The SMILES string of the molecule is OCCN(CCO)CCCCCCOc1ccc(N=Nc2ccccc2)cc1. The van der Waals surface area contributed by atoms with Gasteiger partial charge in [-0.3, -0.25) is 4.90 Å². The van der Waals surface area contributed by atoms with Crippen molar-refractivity contribution in [3.63, 3.8) is 0 Å². The van der Waals surface area contributed by atoms with E-state index in [2.05, 4.69) is 15.1 Å². The molecule has 0 aromatic heterocycles. The molecule has 0 saturated carbocycles. The van der Waals surface area contributed by atoms with E-state index in [1.54, 1.807) is 0 Å². The zero-order valence-corrected chi connectivity index (χ0v) is 16.4. The third-order valence-electron chi connectivity index (χ3n) is 4.34. The van der Waals surface area contributed by atoms with Gasteiger partial charge in [0.15, 0.2) is 0 Å². The van der Waals surface area contributed by atoms with Crippen molar-refractivity contribution in [1.29, 1.82) is 0 Å². The summed E-state index contributed by atoms with van der Waals surface area (Å²) in [6.45, 7) is 3.15. The summed E-state index contributed by atoms with van der Waals surface area (Å²) in [7, 11) is 0. The number of nitrogens with zero attached hydrogens (tertiary/aromatic N) is 3. The van der Waals surface area contributed by atoms with Crippen LogP contribution in [0.15, 0.2) is 64.8 Å². The third kappa shape index (κ3) is 9.08. The van der Waals surface area contributed by atoms with Gasteiger partial charge in [0.25, 0.3) is 0 Å². The molecule has 2 rings (SSSR count). The van der Waals surface area contributed by atoms with Crippen molar-refractivity contribution in [2.45, 2.75) is 25.7 Å². The van der Waals surface area contributed by atoms with Gasteiger partial charge in [-0.25, -0.2) is 0 Å². The molecule has 0 radical (unpaired) electrons. The zero-order chi connectivity index (χ0) is 19.9. The van der Waals surface area contributed by atoms with Crippen LogP contribution in [-0.4, -0.2) is 54.6 Å². The smallest absolute Gasteiger partial charge is 0.119 e. The fourth-order valence-corrected chi connectivity index (χ4v) is 2.82. The van der Waals surface area contributed by atoms with Gasteiger partial charge < -0.3 is 14.9 Å². The second kappa shape index (κ2) is 13.8. The van der Waals surface area contributed by atoms with E-state index in [4.69, 9.17) is 14.9 Å². The van der Waals surface area contributed by atoms with E-state index in [0.717, 1.165) is 49.4 Å². The van der Waals surface area contributed by atoms with E-state index in [9.17, 15) is 0 Å². The maximum absolute atomic E-state index is 8.99. The Hall–Kier alpha value is -2.28. The average molecular weight is 386 g/mol. The Morgan fingerprint density at radius 2 is 1.29 bits per heavy atom. The maximum Gasteiger partial charge on any atom is 0.119 e. The maximum atomic E-state index is 8.99. The molecule has 0 saturated heterocycles. The summed E-state index contributed by atoms with van der Waals surface area (Å²) in [5.41, 5.74) is 1.63. The van der Waals surface area contributed by atoms with Crippen molar-refractivity contribution < 1.29 is 14.9 Å². The molecule has 28 heavy (non-hydrogen) atoms. The summed E-state index contributed by atoms with van der Waals surface area (Å²) in [5, 5.41) is 26.4. The van der Waals surface area contributed by atoms with Crippen LogP contribution in [-0.2, 0) is 0 Å². The first-order valence-corrected chi connectivity index (χ1v) is 9.95. The predicted octanol–water partition coefficient (Wildman–Crippen LogP) is 4.33. The predicted molar refractivity (Wildman–Crippen MR) is 112 cm³/mol. The van der Waals surface area contributed by atoms with Crippen molar-refractivity contribution in [1.82, 2.24) is 4.90 Å². The van der Waals surface area contributed by atoms with Crippen molar-refractivity contribution in [2.75, 3.05) is 39.5 Å². The van der Waals surface area contributed by atoms with Gasteiger partial charge in [-0.15, -0.1) is 0 Å². The summed E-state index contributed by atoms with van der Waals surface area (Å²) < 4.78 is 5.78. The molecule has 152 valence electrons. The molecule has 0 fully saturated rings. The molecular weight excluding hydrogens is 354 g/mol. The first-order valence-electron chi connectivity index (χ1n) is 9.95. The molecule has 0 aliphatic rings. The van der Waals surface area contributed by atoms with Crippen LogP contribution in [0.3, 0.4) is 0 Å². The van der Waals surface area contributed by atoms with Crippen molar-refractivity contribution in [2.24, 2.45) is 10.2 Å². The largest absolute Gasteiger partial charge is 0.494 e. The molecule has 0 heterocycles. The molecule has 0 aliphatic heterocycles. The van der Waals surface area contributed by atoms with Crippen molar-refractivity contribution in [3.05, 3.63) is 54.6 Å². The molecule has 2 aromatic carbocycles. The van der Waals surface area contributed by atoms with E-state index in [-0.39, 0.29) is 13.2 Å². The lowest BCUT2D eigenvalue weighted by Gasteiger charge is -2.19. The number of hydrogen-bond donors (Lipinski definition) is 2. The van der Waals surface area contributed by atoms with E-state index in [1.165, 1.54) is 0 Å². The Labute approximate surface area is 167 Å². The summed E-state index contributed by atoms with van der Waals surface area (Å²) in [5.74, 6) is 0.843. The molecule has 6 nitrogen and oxygen atoms in total. The van der Waals surface area contributed by atoms with E-state index in [0.29, 0.717) is 19.7 Å². The first-order chi connectivity index (χ1) is 13.8. The van der Waals surface area contributed by atoms with Gasteiger partial charge in [-0.05, 0) is 55.8 Å². The number of aliphatic hydroxyl groups excluding tert-OH is 2. The summed E-state index contributed by atoms with van der Waals surface area (Å²) in [6.07, 6.45) is 4.31. The Bertz CT molecular complexity index is 656. The molecule has 2 N–H and O–H groups in total. The number of rotatable bonds is 14. The average Bonchev–Trinajstić information content (AvgIpc) is 2.73. The highest BCUT2D eigenvalue weighted by Gasteiger charge is 2.02. The Kier molecular flexibility index (Phi) is 10.9. The van der Waals surface area contributed by atoms with Gasteiger partial charge in [-0.1, -0.05) is 31.0 Å². The second-order valence-electron chi connectivity index (χ2n) is 6.58. The molecule has 0 unspecified atom stereocenters. The highest BCUT2D eigenvalue weighted by Crippen LogP contribution is 2.21.